The lowest BCUT2D eigenvalue weighted by molar-refractivity contribution is -0.124. The number of para-hydroxylation sites is 3. The lowest BCUT2D eigenvalue weighted by Gasteiger charge is -2.37. The van der Waals surface area contributed by atoms with Gasteiger partial charge in [0.2, 0.25) is 0 Å². The third kappa shape index (κ3) is 2.90. The molecule has 2 aromatic rings. The van der Waals surface area contributed by atoms with Crippen molar-refractivity contribution in [1.29, 1.82) is 0 Å². The second kappa shape index (κ2) is 6.27. The number of ketones is 1. The lowest BCUT2D eigenvalue weighted by atomic mass is 9.68. The van der Waals surface area contributed by atoms with Crippen molar-refractivity contribution in [2.24, 2.45) is 16.3 Å². The lowest BCUT2D eigenvalue weighted by Crippen LogP contribution is -2.42. The first-order chi connectivity index (χ1) is 12.5. The summed E-state index contributed by atoms with van der Waals surface area (Å²) in [5, 5.41) is 3.59. The first kappa shape index (κ1) is 16.8. The number of aliphatic imine (C=N–C) groups is 1. The summed E-state index contributed by atoms with van der Waals surface area (Å²) < 4.78 is 5.59. The molecule has 1 aliphatic carbocycles. The molecule has 1 aliphatic heterocycles. The van der Waals surface area contributed by atoms with Crippen LogP contribution in [0.2, 0.25) is 0 Å². The van der Waals surface area contributed by atoms with Crippen LogP contribution >= 0.6 is 0 Å². The molecule has 1 N–H and O–H groups in total. The van der Waals surface area contributed by atoms with E-state index in [1.807, 2.05) is 48.5 Å². The van der Waals surface area contributed by atoms with Crippen molar-refractivity contribution >= 4 is 22.9 Å². The number of nitrogens with zero attached hydrogens (tertiary/aromatic N) is 1. The molecule has 2 aliphatic rings. The molecule has 0 amide bonds. The highest BCUT2D eigenvalue weighted by Crippen LogP contribution is 2.46. The standard InChI is InChI=1S/C22H24N2O2/c1-22(2)12-17-20(18(25)13-22)21(14-8-4-7-11-19(14)26-3)24-16-10-6-5-9-15(16)23-17/h4-11,20-21,24H,12-13H2,1-3H3/t20?,21-/m1/s1. The van der Waals surface area contributed by atoms with Crippen LogP contribution in [0.1, 0.15) is 38.3 Å². The van der Waals surface area contributed by atoms with E-state index in [0.717, 1.165) is 34.8 Å². The van der Waals surface area contributed by atoms with Crippen molar-refractivity contribution in [3.8, 4) is 5.75 Å². The van der Waals surface area contributed by atoms with Gasteiger partial charge >= 0.3 is 0 Å². The van der Waals surface area contributed by atoms with Crippen LogP contribution in [0, 0.1) is 11.3 Å². The minimum atomic E-state index is -0.272. The average Bonchev–Trinajstić information content (AvgIpc) is 2.76. The van der Waals surface area contributed by atoms with E-state index in [0.29, 0.717) is 6.42 Å². The number of ether oxygens (including phenoxy) is 1. The van der Waals surface area contributed by atoms with Gasteiger partial charge in [0, 0.05) is 17.7 Å². The summed E-state index contributed by atoms with van der Waals surface area (Å²) in [4.78, 5) is 18.1. The SMILES string of the molecule is COc1ccccc1[C@H]1Nc2ccccc2N=C2CC(C)(C)CC(=O)C21. The van der Waals surface area contributed by atoms with Crippen molar-refractivity contribution in [1.82, 2.24) is 0 Å². The number of carbonyl (C=O) groups excluding carboxylic acids is 1. The molecule has 0 saturated heterocycles. The van der Waals surface area contributed by atoms with Gasteiger partial charge in [-0.15, -0.1) is 0 Å². The molecule has 1 heterocycles. The topological polar surface area (TPSA) is 50.7 Å². The molecule has 134 valence electrons. The average molecular weight is 348 g/mol. The highest BCUT2D eigenvalue weighted by molar-refractivity contribution is 6.10. The number of hydrogen-bond acceptors (Lipinski definition) is 4. The monoisotopic (exact) mass is 348 g/mol. The highest BCUT2D eigenvalue weighted by Gasteiger charge is 2.44. The van der Waals surface area contributed by atoms with Gasteiger partial charge in [0.25, 0.3) is 0 Å². The Balaban J connectivity index is 1.89. The first-order valence-electron chi connectivity index (χ1n) is 9.07. The number of methoxy groups -OCH3 is 1. The third-order valence-corrected chi connectivity index (χ3v) is 5.30. The van der Waals surface area contributed by atoms with E-state index in [-0.39, 0.29) is 23.2 Å². The van der Waals surface area contributed by atoms with Crippen LogP contribution < -0.4 is 10.1 Å². The maximum atomic E-state index is 13.2. The van der Waals surface area contributed by atoms with Crippen molar-refractivity contribution in [3.05, 3.63) is 54.1 Å². The Bertz CT molecular complexity index is 885. The van der Waals surface area contributed by atoms with Crippen molar-refractivity contribution in [2.45, 2.75) is 32.7 Å². The molecule has 26 heavy (non-hydrogen) atoms. The third-order valence-electron chi connectivity index (χ3n) is 5.30. The summed E-state index contributed by atoms with van der Waals surface area (Å²) in [5.74, 6) is 0.768. The van der Waals surface area contributed by atoms with Gasteiger partial charge in [-0.3, -0.25) is 9.79 Å². The number of rotatable bonds is 2. The largest absolute Gasteiger partial charge is 0.496 e. The maximum Gasteiger partial charge on any atom is 0.144 e. The quantitative estimate of drug-likeness (QED) is 0.836. The molecule has 0 radical (unpaired) electrons. The molecule has 4 nitrogen and oxygen atoms in total. The van der Waals surface area contributed by atoms with Gasteiger partial charge in [0.15, 0.2) is 0 Å². The van der Waals surface area contributed by atoms with E-state index in [2.05, 4.69) is 19.2 Å². The summed E-state index contributed by atoms with van der Waals surface area (Å²) in [6, 6.07) is 15.7. The number of benzene rings is 2. The number of nitrogens with one attached hydrogen (secondary N) is 1. The highest BCUT2D eigenvalue weighted by atomic mass is 16.5. The number of anilines is 1. The summed E-state index contributed by atoms with van der Waals surface area (Å²) in [5.41, 5.74) is 3.76. The zero-order valence-electron chi connectivity index (χ0n) is 15.5. The minimum absolute atomic E-state index is 0.0585. The van der Waals surface area contributed by atoms with Crippen LogP contribution in [0.3, 0.4) is 0 Å². The molecule has 0 spiro atoms. The van der Waals surface area contributed by atoms with Crippen molar-refractivity contribution in [2.75, 3.05) is 12.4 Å². The number of hydrogen-bond donors (Lipinski definition) is 1. The minimum Gasteiger partial charge on any atom is -0.496 e. The van der Waals surface area contributed by atoms with E-state index in [1.165, 1.54) is 0 Å². The molecular formula is C22H24N2O2. The van der Waals surface area contributed by atoms with Crippen LogP contribution in [0.15, 0.2) is 53.5 Å². The van der Waals surface area contributed by atoms with E-state index in [9.17, 15) is 4.79 Å². The van der Waals surface area contributed by atoms with E-state index in [4.69, 9.17) is 9.73 Å². The van der Waals surface area contributed by atoms with Crippen LogP contribution in [-0.4, -0.2) is 18.6 Å². The smallest absolute Gasteiger partial charge is 0.144 e. The number of carbonyl (C=O) groups is 1. The second-order valence-corrected chi connectivity index (χ2v) is 7.95. The fourth-order valence-corrected chi connectivity index (χ4v) is 4.20. The molecule has 0 aromatic heterocycles. The summed E-state index contributed by atoms with van der Waals surface area (Å²) in [6.45, 7) is 4.29. The molecule has 1 saturated carbocycles. The van der Waals surface area contributed by atoms with E-state index >= 15 is 0 Å². The summed E-state index contributed by atoms with van der Waals surface area (Å²) >= 11 is 0. The fraction of sp³-hybridized carbons (Fsp3) is 0.364. The predicted molar refractivity (Wildman–Crippen MR) is 104 cm³/mol. The normalized spacial score (nSPS) is 23.8. The molecule has 2 atom stereocenters. The Hall–Kier alpha value is -2.62. The molecule has 4 rings (SSSR count). The zero-order chi connectivity index (χ0) is 18.3. The van der Waals surface area contributed by atoms with Gasteiger partial charge in [-0.1, -0.05) is 44.2 Å². The van der Waals surface area contributed by atoms with Gasteiger partial charge in [-0.25, -0.2) is 0 Å². The Labute approximate surface area is 154 Å². The summed E-state index contributed by atoms with van der Waals surface area (Å²) in [7, 11) is 1.67. The van der Waals surface area contributed by atoms with Gasteiger partial charge in [-0.2, -0.15) is 0 Å². The van der Waals surface area contributed by atoms with Crippen LogP contribution in [0.4, 0.5) is 11.4 Å². The van der Waals surface area contributed by atoms with Crippen LogP contribution in [-0.2, 0) is 4.79 Å². The Morgan fingerprint density at radius 1 is 1.08 bits per heavy atom. The van der Waals surface area contributed by atoms with E-state index < -0.39 is 0 Å². The molecule has 4 heteroatoms. The Kier molecular flexibility index (Phi) is 4.06. The maximum absolute atomic E-state index is 13.2. The molecule has 0 bridgehead atoms. The molecule has 1 fully saturated rings. The zero-order valence-corrected chi connectivity index (χ0v) is 15.5. The number of Topliss-reactive ketones (excluding diaryl/α,β-unsaturated/α-hetero) is 1. The fourth-order valence-electron chi connectivity index (χ4n) is 4.20. The molecular weight excluding hydrogens is 324 g/mol. The predicted octanol–water partition coefficient (Wildman–Crippen LogP) is 4.94. The van der Waals surface area contributed by atoms with Crippen LogP contribution in [0.5, 0.6) is 5.75 Å². The molecule has 1 unspecified atom stereocenters. The number of fused-ring (bicyclic) bond motifs is 2. The van der Waals surface area contributed by atoms with E-state index in [1.54, 1.807) is 7.11 Å². The first-order valence-corrected chi connectivity index (χ1v) is 9.07. The van der Waals surface area contributed by atoms with Gasteiger partial charge in [0.1, 0.15) is 11.5 Å². The van der Waals surface area contributed by atoms with Crippen molar-refractivity contribution < 1.29 is 9.53 Å². The van der Waals surface area contributed by atoms with Gasteiger partial charge < -0.3 is 10.1 Å². The Morgan fingerprint density at radius 3 is 2.62 bits per heavy atom. The Morgan fingerprint density at radius 2 is 1.81 bits per heavy atom. The second-order valence-electron chi connectivity index (χ2n) is 7.95. The van der Waals surface area contributed by atoms with Gasteiger partial charge in [-0.05, 0) is 30.0 Å². The van der Waals surface area contributed by atoms with Gasteiger partial charge in [0.05, 0.1) is 30.4 Å². The summed E-state index contributed by atoms with van der Waals surface area (Å²) in [6.07, 6.45) is 1.39. The molecule has 2 aromatic carbocycles. The van der Waals surface area contributed by atoms with Crippen molar-refractivity contribution in [3.63, 3.8) is 0 Å². The van der Waals surface area contributed by atoms with Crippen LogP contribution in [0.25, 0.3) is 0 Å².